The van der Waals surface area contributed by atoms with Gasteiger partial charge < -0.3 is 15.7 Å². The van der Waals surface area contributed by atoms with E-state index in [1.165, 1.54) is 6.42 Å². The Hall–Kier alpha value is -2.34. The van der Waals surface area contributed by atoms with Crippen LogP contribution in [-0.4, -0.2) is 33.6 Å². The number of aliphatic hydroxyl groups excluding tert-OH is 1. The number of nitrogens with zero attached hydrogens (tertiary/aromatic N) is 2. The van der Waals surface area contributed by atoms with Crippen molar-refractivity contribution in [3.8, 4) is 0 Å². The number of carbonyl (C=O) groups excluding carboxylic acids is 1. The predicted molar refractivity (Wildman–Crippen MR) is 97.4 cm³/mol. The van der Waals surface area contributed by atoms with Gasteiger partial charge in [0.05, 0.1) is 18.4 Å². The van der Waals surface area contributed by atoms with Gasteiger partial charge in [0.2, 0.25) is 0 Å². The van der Waals surface area contributed by atoms with E-state index in [0.29, 0.717) is 12.2 Å². The first-order chi connectivity index (χ1) is 12.2. The number of urea groups is 1. The Balaban J connectivity index is 1.54. The second-order valence-electron chi connectivity index (χ2n) is 6.70. The van der Waals surface area contributed by atoms with Crippen molar-refractivity contribution in [1.29, 1.82) is 0 Å². The Bertz CT molecular complexity index is 671. The van der Waals surface area contributed by atoms with Gasteiger partial charge in [-0.25, -0.2) is 4.79 Å². The molecule has 1 aromatic heterocycles. The summed E-state index contributed by atoms with van der Waals surface area (Å²) in [7, 11) is 0. The predicted octanol–water partition coefficient (Wildman–Crippen LogP) is 2.99. The molecule has 1 aliphatic rings. The Kier molecular flexibility index (Phi) is 6.06. The first kappa shape index (κ1) is 17.5. The van der Waals surface area contributed by atoms with Crippen LogP contribution >= 0.6 is 0 Å². The molecule has 1 fully saturated rings. The van der Waals surface area contributed by atoms with Gasteiger partial charge in [0.1, 0.15) is 0 Å². The number of carbonyl (C=O) groups is 1. The zero-order valence-corrected chi connectivity index (χ0v) is 14.4. The average Bonchev–Trinajstić information content (AvgIpc) is 2.92. The monoisotopic (exact) mass is 342 g/mol. The molecule has 0 radical (unpaired) electrons. The number of benzene rings is 1. The summed E-state index contributed by atoms with van der Waals surface area (Å²) >= 11 is 0. The molecule has 0 saturated heterocycles. The summed E-state index contributed by atoms with van der Waals surface area (Å²) in [6.45, 7) is 0.791. The van der Waals surface area contributed by atoms with Crippen LogP contribution in [0.4, 0.5) is 10.5 Å². The fraction of sp³-hybridized carbons (Fsp3) is 0.474. The van der Waals surface area contributed by atoms with E-state index in [9.17, 15) is 9.90 Å². The minimum Gasteiger partial charge on any atom is -0.396 e. The van der Waals surface area contributed by atoms with E-state index in [-0.39, 0.29) is 24.6 Å². The highest BCUT2D eigenvalue weighted by Gasteiger charge is 2.24. The lowest BCUT2D eigenvalue weighted by molar-refractivity contribution is 0.182. The summed E-state index contributed by atoms with van der Waals surface area (Å²) in [4.78, 5) is 12.3. The molecule has 3 N–H and O–H groups in total. The number of rotatable bonds is 5. The molecule has 0 aliphatic heterocycles. The van der Waals surface area contributed by atoms with Gasteiger partial charge in [-0.05, 0) is 18.4 Å². The minimum atomic E-state index is -0.232. The second kappa shape index (κ2) is 8.67. The number of amides is 2. The van der Waals surface area contributed by atoms with Crippen molar-refractivity contribution in [2.24, 2.45) is 5.92 Å². The summed E-state index contributed by atoms with van der Waals surface area (Å²) in [5, 5.41) is 19.7. The van der Waals surface area contributed by atoms with Crippen LogP contribution in [0, 0.1) is 5.92 Å². The molecule has 1 aliphatic carbocycles. The number of anilines is 1. The second-order valence-corrected chi connectivity index (χ2v) is 6.70. The summed E-state index contributed by atoms with van der Waals surface area (Å²) in [5.74, 6) is 0.147. The molecular weight excluding hydrogens is 316 g/mol. The van der Waals surface area contributed by atoms with Crippen molar-refractivity contribution in [1.82, 2.24) is 15.1 Å². The van der Waals surface area contributed by atoms with Crippen molar-refractivity contribution < 1.29 is 9.90 Å². The quantitative estimate of drug-likeness (QED) is 0.731. The highest BCUT2D eigenvalue weighted by Crippen LogP contribution is 2.23. The molecule has 2 amide bonds. The lowest BCUT2D eigenvalue weighted by Gasteiger charge is -2.24. The van der Waals surface area contributed by atoms with Crippen molar-refractivity contribution in [2.75, 3.05) is 11.9 Å². The van der Waals surface area contributed by atoms with Crippen LogP contribution in [0.1, 0.15) is 37.7 Å². The van der Waals surface area contributed by atoms with Crippen LogP contribution in [0.5, 0.6) is 0 Å². The number of nitrogens with one attached hydrogen (secondary N) is 2. The lowest BCUT2D eigenvalue weighted by atomic mass is 9.96. The maximum Gasteiger partial charge on any atom is 0.319 e. The molecule has 2 aromatic rings. The van der Waals surface area contributed by atoms with Gasteiger partial charge in [-0.1, -0.05) is 49.6 Å². The van der Waals surface area contributed by atoms with Crippen LogP contribution < -0.4 is 10.6 Å². The van der Waals surface area contributed by atoms with Crippen LogP contribution in [0.3, 0.4) is 0 Å². The van der Waals surface area contributed by atoms with Crippen molar-refractivity contribution in [3.05, 3.63) is 48.3 Å². The molecule has 2 unspecified atom stereocenters. The van der Waals surface area contributed by atoms with E-state index in [2.05, 4.69) is 15.7 Å². The smallest absolute Gasteiger partial charge is 0.319 e. The third kappa shape index (κ3) is 5.06. The largest absolute Gasteiger partial charge is 0.396 e. The fourth-order valence-corrected chi connectivity index (χ4v) is 3.41. The van der Waals surface area contributed by atoms with E-state index in [0.717, 1.165) is 31.2 Å². The Labute approximate surface area is 148 Å². The maximum atomic E-state index is 12.3. The van der Waals surface area contributed by atoms with Gasteiger partial charge in [-0.3, -0.25) is 4.68 Å². The zero-order valence-electron chi connectivity index (χ0n) is 14.4. The van der Waals surface area contributed by atoms with Gasteiger partial charge >= 0.3 is 6.03 Å². The summed E-state index contributed by atoms with van der Waals surface area (Å²) in [5.41, 5.74) is 1.83. The van der Waals surface area contributed by atoms with E-state index >= 15 is 0 Å². The summed E-state index contributed by atoms with van der Waals surface area (Å²) in [6, 6.07) is 9.87. The summed E-state index contributed by atoms with van der Waals surface area (Å²) in [6.07, 6.45) is 8.75. The van der Waals surface area contributed by atoms with Gasteiger partial charge in [0.15, 0.2) is 0 Å². The van der Waals surface area contributed by atoms with Crippen LogP contribution in [0.25, 0.3) is 0 Å². The van der Waals surface area contributed by atoms with E-state index in [1.807, 2.05) is 36.5 Å². The van der Waals surface area contributed by atoms with E-state index in [4.69, 9.17) is 0 Å². The normalized spacial score (nSPS) is 20.7. The number of hydrogen-bond donors (Lipinski definition) is 3. The molecule has 6 nitrogen and oxygen atoms in total. The molecule has 25 heavy (non-hydrogen) atoms. The van der Waals surface area contributed by atoms with Crippen LogP contribution in [-0.2, 0) is 6.54 Å². The maximum absolute atomic E-state index is 12.3. The van der Waals surface area contributed by atoms with Crippen molar-refractivity contribution >= 4 is 11.7 Å². The molecule has 1 aromatic carbocycles. The zero-order chi connectivity index (χ0) is 17.5. The van der Waals surface area contributed by atoms with Gasteiger partial charge in [0.25, 0.3) is 0 Å². The molecule has 1 heterocycles. The molecule has 1 saturated carbocycles. The molecule has 134 valence electrons. The Morgan fingerprint density at radius 2 is 2.00 bits per heavy atom. The average molecular weight is 342 g/mol. The summed E-state index contributed by atoms with van der Waals surface area (Å²) < 4.78 is 1.80. The fourth-order valence-electron chi connectivity index (χ4n) is 3.41. The van der Waals surface area contributed by atoms with E-state index < -0.39 is 0 Å². The number of aromatic nitrogens is 2. The first-order valence-corrected chi connectivity index (χ1v) is 8.99. The SMILES string of the molecule is O=C(Nc1cnn(Cc2ccccc2)c1)NC1CCCCCC1CO. The Morgan fingerprint density at radius 1 is 1.20 bits per heavy atom. The van der Waals surface area contributed by atoms with Crippen molar-refractivity contribution in [2.45, 2.75) is 44.7 Å². The van der Waals surface area contributed by atoms with Gasteiger partial charge in [-0.2, -0.15) is 5.10 Å². The molecular formula is C19H26N4O2. The molecule has 6 heteroatoms. The lowest BCUT2D eigenvalue weighted by Crippen LogP contribution is -2.43. The van der Waals surface area contributed by atoms with E-state index in [1.54, 1.807) is 10.9 Å². The van der Waals surface area contributed by atoms with Crippen LogP contribution in [0.15, 0.2) is 42.7 Å². The van der Waals surface area contributed by atoms with Gasteiger partial charge in [-0.15, -0.1) is 0 Å². The standard InChI is InChI=1S/C19H26N4O2/c24-14-16-9-5-2-6-10-18(16)22-19(25)21-17-11-20-23(13-17)12-15-7-3-1-4-8-15/h1,3-4,7-8,11,13,16,18,24H,2,5-6,9-10,12,14H2,(H2,21,22,25). The third-order valence-corrected chi connectivity index (χ3v) is 4.79. The Morgan fingerprint density at radius 3 is 2.80 bits per heavy atom. The van der Waals surface area contributed by atoms with Crippen LogP contribution in [0.2, 0.25) is 0 Å². The highest BCUT2D eigenvalue weighted by atomic mass is 16.3. The minimum absolute atomic E-state index is 0.0341. The van der Waals surface area contributed by atoms with Gasteiger partial charge in [0, 0.05) is 24.8 Å². The number of hydrogen-bond acceptors (Lipinski definition) is 3. The molecule has 0 bridgehead atoms. The first-order valence-electron chi connectivity index (χ1n) is 8.99. The van der Waals surface area contributed by atoms with Crippen molar-refractivity contribution in [3.63, 3.8) is 0 Å². The molecule has 0 spiro atoms. The topological polar surface area (TPSA) is 79.2 Å². The highest BCUT2D eigenvalue weighted by molar-refractivity contribution is 5.89. The molecule has 3 rings (SSSR count). The number of aliphatic hydroxyl groups is 1. The molecule has 2 atom stereocenters. The third-order valence-electron chi connectivity index (χ3n) is 4.79.